The van der Waals surface area contributed by atoms with Gasteiger partial charge in [0.25, 0.3) is 5.91 Å². The second-order valence-electron chi connectivity index (χ2n) is 6.67. The van der Waals surface area contributed by atoms with Gasteiger partial charge in [0.2, 0.25) is 5.91 Å². The average Bonchev–Trinajstić information content (AvgIpc) is 3.04. The molecule has 0 unspecified atom stereocenters. The summed E-state index contributed by atoms with van der Waals surface area (Å²) in [6.45, 7) is 0.973. The minimum absolute atomic E-state index is 0.0417. The normalized spacial score (nSPS) is 13.3. The molecule has 0 heterocycles. The van der Waals surface area contributed by atoms with Crippen molar-refractivity contribution in [2.24, 2.45) is 5.92 Å². The van der Waals surface area contributed by atoms with Crippen molar-refractivity contribution in [3.8, 4) is 0 Å². The second kappa shape index (κ2) is 8.86. The summed E-state index contributed by atoms with van der Waals surface area (Å²) in [4.78, 5) is 23.9. The highest BCUT2D eigenvalue weighted by atomic mass is 35.5. The van der Waals surface area contributed by atoms with Crippen LogP contribution in [0.4, 0.5) is 0 Å². The van der Waals surface area contributed by atoms with E-state index in [1.54, 1.807) is 24.3 Å². The molecule has 0 spiro atoms. The zero-order valence-corrected chi connectivity index (χ0v) is 15.4. The van der Waals surface area contributed by atoms with Crippen LogP contribution >= 0.6 is 11.6 Å². The van der Waals surface area contributed by atoms with Crippen molar-refractivity contribution in [2.45, 2.75) is 25.7 Å². The van der Waals surface area contributed by atoms with Gasteiger partial charge in [-0.2, -0.15) is 0 Å². The lowest BCUT2D eigenvalue weighted by atomic mass is 10.0. The predicted molar refractivity (Wildman–Crippen MR) is 103 cm³/mol. The van der Waals surface area contributed by atoms with Crippen molar-refractivity contribution in [3.05, 3.63) is 70.2 Å². The minimum atomic E-state index is -0.257. The molecule has 0 aromatic heterocycles. The molecule has 2 amide bonds. The number of hydrogen-bond donors (Lipinski definition) is 2. The molecule has 0 bridgehead atoms. The third-order valence-corrected chi connectivity index (χ3v) is 5.10. The third-order valence-electron chi connectivity index (χ3n) is 4.77. The molecule has 4 nitrogen and oxygen atoms in total. The summed E-state index contributed by atoms with van der Waals surface area (Å²) < 4.78 is 0. The molecule has 0 atom stereocenters. The Morgan fingerprint density at radius 1 is 0.923 bits per heavy atom. The fourth-order valence-electron chi connectivity index (χ4n) is 3.39. The van der Waals surface area contributed by atoms with Crippen LogP contribution in [0.25, 0.3) is 0 Å². The van der Waals surface area contributed by atoms with E-state index in [-0.39, 0.29) is 18.2 Å². The van der Waals surface area contributed by atoms with Gasteiger partial charge in [0.05, 0.1) is 10.6 Å². The molecule has 0 aliphatic heterocycles. The van der Waals surface area contributed by atoms with E-state index >= 15 is 0 Å². The summed E-state index contributed by atoms with van der Waals surface area (Å²) in [7, 11) is 0. The fourth-order valence-corrected chi connectivity index (χ4v) is 3.61. The standard InChI is InChI=1S/C21H23ClN2O2/c22-19-8-4-3-7-18(19)21(26)24-12-10-20(25)23-11-9-15-13-16-5-1-2-6-17(16)14-15/h1-8,15H,9-14H2,(H,23,25)(H,24,26). The summed E-state index contributed by atoms with van der Waals surface area (Å²) in [5, 5.41) is 6.08. The van der Waals surface area contributed by atoms with Gasteiger partial charge in [-0.3, -0.25) is 9.59 Å². The lowest BCUT2D eigenvalue weighted by Gasteiger charge is -2.10. The molecule has 0 fully saturated rings. The highest BCUT2D eigenvalue weighted by Gasteiger charge is 2.20. The molecule has 2 N–H and O–H groups in total. The smallest absolute Gasteiger partial charge is 0.252 e. The lowest BCUT2D eigenvalue weighted by Crippen LogP contribution is -2.31. The van der Waals surface area contributed by atoms with Crippen molar-refractivity contribution in [1.29, 1.82) is 0 Å². The van der Waals surface area contributed by atoms with E-state index < -0.39 is 0 Å². The van der Waals surface area contributed by atoms with Crippen molar-refractivity contribution in [1.82, 2.24) is 10.6 Å². The SMILES string of the molecule is O=C(CCNC(=O)c1ccccc1Cl)NCCC1Cc2ccccc2C1. The molecule has 1 aliphatic carbocycles. The van der Waals surface area contributed by atoms with E-state index in [0.29, 0.717) is 29.6 Å². The Balaban J connectivity index is 1.32. The zero-order valence-electron chi connectivity index (χ0n) is 14.6. The van der Waals surface area contributed by atoms with Crippen LogP contribution in [0.5, 0.6) is 0 Å². The maximum absolute atomic E-state index is 12.0. The number of carbonyl (C=O) groups excluding carboxylic acids is 2. The molecule has 0 saturated heterocycles. The van der Waals surface area contributed by atoms with Crippen LogP contribution in [0.1, 0.15) is 34.3 Å². The molecule has 26 heavy (non-hydrogen) atoms. The summed E-state index contributed by atoms with van der Waals surface area (Å²) in [6, 6.07) is 15.4. The number of fused-ring (bicyclic) bond motifs is 1. The Morgan fingerprint density at radius 3 is 2.27 bits per heavy atom. The molecule has 5 heteroatoms. The topological polar surface area (TPSA) is 58.2 Å². The highest BCUT2D eigenvalue weighted by Crippen LogP contribution is 2.28. The van der Waals surface area contributed by atoms with E-state index in [4.69, 9.17) is 11.6 Å². The second-order valence-corrected chi connectivity index (χ2v) is 7.07. The molecule has 1 aliphatic rings. The van der Waals surface area contributed by atoms with Crippen LogP contribution in [-0.4, -0.2) is 24.9 Å². The molecule has 0 saturated carbocycles. The number of benzene rings is 2. The number of nitrogens with one attached hydrogen (secondary N) is 2. The molecular formula is C21H23ClN2O2. The largest absolute Gasteiger partial charge is 0.356 e. The fraction of sp³-hybridized carbons (Fsp3) is 0.333. The van der Waals surface area contributed by atoms with Gasteiger partial charge in [0.15, 0.2) is 0 Å². The van der Waals surface area contributed by atoms with Gasteiger partial charge in [-0.05, 0) is 48.4 Å². The van der Waals surface area contributed by atoms with E-state index in [2.05, 4.69) is 34.9 Å². The summed E-state index contributed by atoms with van der Waals surface area (Å²) in [6.07, 6.45) is 3.44. The van der Waals surface area contributed by atoms with E-state index in [0.717, 1.165) is 19.3 Å². The zero-order chi connectivity index (χ0) is 18.4. The summed E-state index contributed by atoms with van der Waals surface area (Å²) in [5.74, 6) is 0.305. The number of carbonyl (C=O) groups is 2. The molecular weight excluding hydrogens is 348 g/mol. The predicted octanol–water partition coefficient (Wildman–Crippen LogP) is 3.38. The summed E-state index contributed by atoms with van der Waals surface area (Å²) >= 11 is 5.98. The van der Waals surface area contributed by atoms with Crippen LogP contribution < -0.4 is 10.6 Å². The monoisotopic (exact) mass is 370 g/mol. The van der Waals surface area contributed by atoms with Crippen LogP contribution in [-0.2, 0) is 17.6 Å². The number of halogens is 1. The molecule has 2 aromatic carbocycles. The van der Waals surface area contributed by atoms with Gasteiger partial charge in [-0.15, -0.1) is 0 Å². The van der Waals surface area contributed by atoms with Gasteiger partial charge in [-0.25, -0.2) is 0 Å². The minimum Gasteiger partial charge on any atom is -0.356 e. The first-order chi connectivity index (χ1) is 12.6. The van der Waals surface area contributed by atoms with Gasteiger partial charge in [0, 0.05) is 19.5 Å². The Morgan fingerprint density at radius 2 is 1.58 bits per heavy atom. The first-order valence-electron chi connectivity index (χ1n) is 8.99. The van der Waals surface area contributed by atoms with Gasteiger partial charge >= 0.3 is 0 Å². The number of rotatable bonds is 7. The average molecular weight is 371 g/mol. The van der Waals surface area contributed by atoms with Crippen molar-refractivity contribution in [2.75, 3.05) is 13.1 Å². The quantitative estimate of drug-likeness (QED) is 0.785. The van der Waals surface area contributed by atoms with Crippen LogP contribution in [0.15, 0.2) is 48.5 Å². The van der Waals surface area contributed by atoms with Crippen molar-refractivity contribution >= 4 is 23.4 Å². The maximum Gasteiger partial charge on any atom is 0.252 e. The van der Waals surface area contributed by atoms with Crippen LogP contribution in [0, 0.1) is 5.92 Å². The molecule has 3 rings (SSSR count). The lowest BCUT2D eigenvalue weighted by molar-refractivity contribution is -0.120. The number of hydrogen-bond acceptors (Lipinski definition) is 2. The Hall–Kier alpha value is -2.33. The number of amides is 2. The third kappa shape index (κ3) is 4.85. The van der Waals surface area contributed by atoms with Crippen molar-refractivity contribution in [3.63, 3.8) is 0 Å². The molecule has 2 aromatic rings. The van der Waals surface area contributed by atoms with Gasteiger partial charge < -0.3 is 10.6 Å². The van der Waals surface area contributed by atoms with E-state index in [1.165, 1.54) is 11.1 Å². The Kier molecular flexibility index (Phi) is 6.29. The van der Waals surface area contributed by atoms with E-state index in [9.17, 15) is 9.59 Å². The molecule has 136 valence electrons. The first-order valence-corrected chi connectivity index (χ1v) is 9.37. The summed E-state index contributed by atoms with van der Waals surface area (Å²) in [5.41, 5.74) is 3.30. The Bertz CT molecular complexity index is 766. The van der Waals surface area contributed by atoms with Crippen LogP contribution in [0.3, 0.4) is 0 Å². The van der Waals surface area contributed by atoms with Gasteiger partial charge in [-0.1, -0.05) is 48.0 Å². The highest BCUT2D eigenvalue weighted by molar-refractivity contribution is 6.33. The van der Waals surface area contributed by atoms with Crippen LogP contribution in [0.2, 0.25) is 5.02 Å². The van der Waals surface area contributed by atoms with E-state index in [1.807, 2.05) is 0 Å². The molecule has 0 radical (unpaired) electrons. The van der Waals surface area contributed by atoms with Gasteiger partial charge in [0.1, 0.15) is 0 Å². The Labute approximate surface area is 158 Å². The maximum atomic E-state index is 12.0. The first kappa shape index (κ1) is 18.5. The van der Waals surface area contributed by atoms with Crippen molar-refractivity contribution < 1.29 is 9.59 Å².